The van der Waals surface area contributed by atoms with Gasteiger partial charge in [-0.3, -0.25) is 19.1 Å². The number of aliphatic hydroxyl groups excluding tert-OH is 1. The largest absolute Gasteiger partial charge is 0.394 e. The zero-order valence-corrected chi connectivity index (χ0v) is 22.2. The highest BCUT2D eigenvalue weighted by Crippen LogP contribution is 2.27. The number of rotatable bonds is 10. The van der Waals surface area contributed by atoms with Crippen molar-refractivity contribution in [2.45, 2.75) is 26.1 Å². The molecule has 0 bridgehead atoms. The van der Waals surface area contributed by atoms with Crippen LogP contribution >= 0.6 is 11.6 Å². The van der Waals surface area contributed by atoms with Crippen molar-refractivity contribution in [2.24, 2.45) is 5.73 Å². The third kappa shape index (κ3) is 6.47. The first-order chi connectivity index (χ1) is 18.7. The molecule has 1 aliphatic heterocycles. The van der Waals surface area contributed by atoms with Crippen LogP contribution < -0.4 is 16.0 Å². The second-order valence-corrected chi connectivity index (χ2v) is 9.62. The van der Waals surface area contributed by atoms with E-state index in [1.54, 1.807) is 43.3 Å². The number of benzene rings is 2. The Morgan fingerprint density at radius 1 is 1.26 bits per heavy atom. The van der Waals surface area contributed by atoms with Crippen LogP contribution in [-0.4, -0.2) is 83.0 Å². The van der Waals surface area contributed by atoms with E-state index >= 15 is 0 Å². The molecule has 4 N–H and O–H groups in total. The monoisotopic (exact) mass is 560 g/mol. The fourth-order valence-electron chi connectivity index (χ4n) is 4.40. The predicted octanol–water partition coefficient (Wildman–Crippen LogP) is 1.29. The van der Waals surface area contributed by atoms with Gasteiger partial charge in [0.25, 0.3) is 5.91 Å². The molecule has 4 rings (SSSR count). The van der Waals surface area contributed by atoms with E-state index in [1.165, 1.54) is 9.58 Å². The topological polar surface area (TPSA) is 143 Å². The molecule has 1 aliphatic rings. The van der Waals surface area contributed by atoms with E-state index in [2.05, 4.69) is 10.4 Å². The van der Waals surface area contributed by atoms with E-state index in [4.69, 9.17) is 22.1 Å². The number of halogens is 2. The Bertz CT molecular complexity index is 1380. The van der Waals surface area contributed by atoms with Gasteiger partial charge < -0.3 is 30.7 Å². The maximum absolute atomic E-state index is 14.7. The van der Waals surface area contributed by atoms with E-state index in [9.17, 15) is 23.9 Å². The van der Waals surface area contributed by atoms with Crippen LogP contribution in [0.15, 0.2) is 36.4 Å². The second-order valence-electron chi connectivity index (χ2n) is 9.22. The van der Waals surface area contributed by atoms with Gasteiger partial charge in [-0.05, 0) is 25.1 Å². The molecule has 2 aromatic carbocycles. The van der Waals surface area contributed by atoms with Gasteiger partial charge in [0.15, 0.2) is 5.69 Å². The molecule has 0 radical (unpaired) electrons. The highest BCUT2D eigenvalue weighted by Gasteiger charge is 2.25. The lowest BCUT2D eigenvalue weighted by atomic mass is 10.1. The Morgan fingerprint density at radius 3 is 2.67 bits per heavy atom. The Morgan fingerprint density at radius 2 is 1.97 bits per heavy atom. The molecule has 0 saturated carbocycles. The van der Waals surface area contributed by atoms with Gasteiger partial charge in [-0.1, -0.05) is 29.8 Å². The minimum atomic E-state index is -0.734. The number of carbonyl (C=O) groups excluding carboxylic acids is 3. The van der Waals surface area contributed by atoms with Crippen molar-refractivity contribution in [3.8, 4) is 0 Å². The Labute approximate surface area is 229 Å². The minimum absolute atomic E-state index is 0.0258. The maximum Gasteiger partial charge on any atom is 0.269 e. The number of nitrogens with zero attached hydrogens (tertiary/aromatic N) is 4. The molecule has 1 aromatic heterocycles. The van der Waals surface area contributed by atoms with Crippen LogP contribution in [0.1, 0.15) is 23.0 Å². The molecule has 3 aromatic rings. The van der Waals surface area contributed by atoms with Crippen molar-refractivity contribution in [3.63, 3.8) is 0 Å². The first kappa shape index (κ1) is 28.3. The molecular weight excluding hydrogens is 531 g/mol. The average Bonchev–Trinajstić information content (AvgIpc) is 3.31. The van der Waals surface area contributed by atoms with Crippen LogP contribution in [0.2, 0.25) is 5.02 Å². The number of amides is 3. The van der Waals surface area contributed by atoms with Crippen LogP contribution in [0.4, 0.5) is 10.1 Å². The molecule has 208 valence electrons. The summed E-state index contributed by atoms with van der Waals surface area (Å²) in [7, 11) is 0. The third-order valence-corrected chi connectivity index (χ3v) is 6.82. The average molecular weight is 561 g/mol. The van der Waals surface area contributed by atoms with Gasteiger partial charge in [0.2, 0.25) is 11.8 Å². The molecule has 0 spiro atoms. The summed E-state index contributed by atoms with van der Waals surface area (Å²) < 4.78 is 21.4. The van der Waals surface area contributed by atoms with Crippen LogP contribution in [0, 0.1) is 5.82 Å². The lowest BCUT2D eigenvalue weighted by Crippen LogP contribution is -2.47. The summed E-state index contributed by atoms with van der Waals surface area (Å²) >= 11 is 6.12. The number of morpholine rings is 1. The van der Waals surface area contributed by atoms with E-state index < -0.39 is 36.2 Å². The van der Waals surface area contributed by atoms with Crippen molar-refractivity contribution < 1.29 is 28.6 Å². The summed E-state index contributed by atoms with van der Waals surface area (Å²) in [6.45, 7) is 2.73. The number of para-hydroxylation sites is 1. The quantitative estimate of drug-likeness (QED) is 0.339. The predicted molar refractivity (Wildman–Crippen MR) is 143 cm³/mol. The summed E-state index contributed by atoms with van der Waals surface area (Å²) in [6.07, 6.45) is 0. The molecule has 39 heavy (non-hydrogen) atoms. The van der Waals surface area contributed by atoms with E-state index in [-0.39, 0.29) is 35.9 Å². The fraction of sp³-hybridized carbons (Fsp3) is 0.385. The molecule has 1 fully saturated rings. The van der Waals surface area contributed by atoms with Crippen molar-refractivity contribution in [2.75, 3.05) is 44.4 Å². The third-order valence-electron chi connectivity index (χ3n) is 6.55. The number of anilines is 1. The zero-order valence-electron chi connectivity index (χ0n) is 21.4. The second kappa shape index (κ2) is 12.4. The number of hydrogen-bond acceptors (Lipinski definition) is 7. The molecule has 2 heterocycles. The Hall–Kier alpha value is -3.74. The van der Waals surface area contributed by atoms with Gasteiger partial charge in [0, 0.05) is 36.3 Å². The number of nitrogens with two attached hydrogens (primary N) is 1. The number of fused-ring (bicyclic) bond motifs is 1. The highest BCUT2D eigenvalue weighted by molar-refractivity contribution is 6.31. The Kier molecular flexibility index (Phi) is 9.00. The molecule has 11 nitrogen and oxygen atoms in total. The Balaban J connectivity index is 1.46. The SMILES string of the molecule is CC(CO)N(CC(=O)NCc1cc(N2CCOCC2)cc(Cl)c1F)C(=O)Cn1nc(C(N)=O)c2ccccc21. The number of ether oxygens (including phenoxy) is 1. The number of nitrogens with one attached hydrogen (secondary N) is 1. The van der Waals surface area contributed by atoms with Gasteiger partial charge in [0.05, 0.1) is 42.9 Å². The molecule has 3 amide bonds. The number of aromatic nitrogens is 2. The molecule has 13 heteroatoms. The van der Waals surface area contributed by atoms with Crippen molar-refractivity contribution in [3.05, 3.63) is 58.5 Å². The van der Waals surface area contributed by atoms with E-state index in [0.717, 1.165) is 5.69 Å². The molecule has 1 saturated heterocycles. The molecule has 1 unspecified atom stereocenters. The lowest BCUT2D eigenvalue weighted by Gasteiger charge is -2.29. The summed E-state index contributed by atoms with van der Waals surface area (Å²) in [5.41, 5.74) is 6.91. The molecule has 1 atom stereocenters. The number of primary amides is 1. The number of carbonyl (C=O) groups is 3. The van der Waals surface area contributed by atoms with Crippen LogP contribution in [-0.2, 0) is 27.4 Å². The number of aliphatic hydroxyl groups is 1. The van der Waals surface area contributed by atoms with Crippen LogP contribution in [0.5, 0.6) is 0 Å². The van der Waals surface area contributed by atoms with Gasteiger partial charge in [-0.25, -0.2) is 4.39 Å². The molecular formula is C26H30ClFN6O5. The summed E-state index contributed by atoms with van der Waals surface area (Å²) in [5.74, 6) is -2.44. The normalized spacial score (nSPS) is 14.3. The molecule has 0 aliphatic carbocycles. The first-order valence-electron chi connectivity index (χ1n) is 12.4. The number of hydrogen-bond donors (Lipinski definition) is 3. The standard InChI is InChI=1S/C26H30ClFN6O5/c1-16(15-35)33(23(37)14-34-21-5-3-2-4-19(21)25(31-34)26(29)38)13-22(36)30-12-17-10-18(11-20(27)24(17)28)32-6-8-39-9-7-32/h2-5,10-11,16,35H,6-9,12-15H2,1H3,(H2,29,38)(H,30,36). The highest BCUT2D eigenvalue weighted by atomic mass is 35.5. The smallest absolute Gasteiger partial charge is 0.269 e. The van der Waals surface area contributed by atoms with Crippen molar-refractivity contribution >= 4 is 45.9 Å². The van der Waals surface area contributed by atoms with Crippen molar-refractivity contribution in [1.29, 1.82) is 0 Å². The van der Waals surface area contributed by atoms with Crippen molar-refractivity contribution in [1.82, 2.24) is 20.0 Å². The van der Waals surface area contributed by atoms with Gasteiger partial charge in [-0.2, -0.15) is 5.10 Å². The van der Waals surface area contributed by atoms with Gasteiger partial charge >= 0.3 is 0 Å². The summed E-state index contributed by atoms with van der Waals surface area (Å²) in [4.78, 5) is 41.1. The van der Waals surface area contributed by atoms with Crippen LogP contribution in [0.25, 0.3) is 10.9 Å². The van der Waals surface area contributed by atoms with Crippen LogP contribution in [0.3, 0.4) is 0 Å². The summed E-state index contributed by atoms with van der Waals surface area (Å²) in [6, 6.07) is 9.29. The van der Waals surface area contributed by atoms with Gasteiger partial charge in [-0.15, -0.1) is 0 Å². The maximum atomic E-state index is 14.7. The first-order valence-corrected chi connectivity index (χ1v) is 12.8. The van der Waals surface area contributed by atoms with E-state index in [0.29, 0.717) is 37.2 Å². The zero-order chi connectivity index (χ0) is 28.1. The van der Waals surface area contributed by atoms with E-state index in [1.807, 2.05) is 4.90 Å². The minimum Gasteiger partial charge on any atom is -0.394 e. The fourth-order valence-corrected chi connectivity index (χ4v) is 4.64. The summed E-state index contributed by atoms with van der Waals surface area (Å²) in [5, 5.41) is 17.0. The lowest BCUT2D eigenvalue weighted by molar-refractivity contribution is -0.139. The van der Waals surface area contributed by atoms with Gasteiger partial charge in [0.1, 0.15) is 12.4 Å².